The van der Waals surface area contributed by atoms with Gasteiger partial charge in [-0.2, -0.15) is 5.10 Å². The van der Waals surface area contributed by atoms with E-state index in [-0.39, 0.29) is 5.96 Å². The van der Waals surface area contributed by atoms with Crippen LogP contribution in [0.5, 0.6) is 5.75 Å². The van der Waals surface area contributed by atoms with Gasteiger partial charge in [-0.25, -0.2) is 0 Å². The van der Waals surface area contributed by atoms with Crippen LogP contribution in [0.2, 0.25) is 5.02 Å². The fourth-order valence-electron chi connectivity index (χ4n) is 1.62. The fraction of sp³-hybridized carbons (Fsp3) is 0.0667. The van der Waals surface area contributed by atoms with Gasteiger partial charge in [0.05, 0.1) is 6.21 Å². The van der Waals surface area contributed by atoms with Gasteiger partial charge in [0.1, 0.15) is 12.4 Å². The van der Waals surface area contributed by atoms with Crippen LogP contribution in [0, 0.1) is 0 Å². The zero-order valence-electron chi connectivity index (χ0n) is 11.2. The predicted octanol–water partition coefficient (Wildman–Crippen LogP) is 2.53. The van der Waals surface area contributed by atoms with E-state index < -0.39 is 0 Å². The van der Waals surface area contributed by atoms with Crippen molar-refractivity contribution < 1.29 is 4.74 Å². The molecule has 0 fully saturated rings. The molecule has 6 heteroatoms. The number of benzene rings is 2. The first kappa shape index (κ1) is 14.9. The number of guanidine groups is 1. The second-order valence-electron chi connectivity index (χ2n) is 4.22. The molecule has 0 aliphatic carbocycles. The third-order valence-electron chi connectivity index (χ3n) is 2.59. The van der Waals surface area contributed by atoms with Crippen molar-refractivity contribution in [3.8, 4) is 5.75 Å². The minimum Gasteiger partial charge on any atom is -0.489 e. The Kier molecular flexibility index (Phi) is 5.17. The molecule has 0 aliphatic rings. The zero-order valence-corrected chi connectivity index (χ0v) is 12.0. The van der Waals surface area contributed by atoms with Crippen LogP contribution in [0.15, 0.2) is 58.7 Å². The van der Waals surface area contributed by atoms with Crippen molar-refractivity contribution in [2.45, 2.75) is 6.61 Å². The number of hydrogen-bond acceptors (Lipinski definition) is 3. The van der Waals surface area contributed by atoms with Crippen molar-refractivity contribution >= 4 is 23.8 Å². The third-order valence-corrected chi connectivity index (χ3v) is 2.96. The average Bonchev–Trinajstić information content (AvgIpc) is 2.46. The maximum Gasteiger partial charge on any atom is 0.211 e. The Bertz CT molecular complexity index is 666. The van der Waals surface area contributed by atoms with Gasteiger partial charge in [-0.1, -0.05) is 41.9 Å². The summed E-state index contributed by atoms with van der Waals surface area (Å²) in [7, 11) is 0. The van der Waals surface area contributed by atoms with E-state index >= 15 is 0 Å². The van der Waals surface area contributed by atoms with Crippen molar-refractivity contribution in [1.29, 1.82) is 0 Å². The molecule has 5 nitrogen and oxygen atoms in total. The Morgan fingerprint density at radius 2 is 1.95 bits per heavy atom. The lowest BCUT2D eigenvalue weighted by atomic mass is 10.2. The van der Waals surface area contributed by atoms with E-state index in [0.717, 1.165) is 11.1 Å². The lowest BCUT2D eigenvalue weighted by Crippen LogP contribution is -2.21. The molecule has 0 spiro atoms. The molecular formula is C15H15ClN4O. The van der Waals surface area contributed by atoms with Gasteiger partial charge in [0, 0.05) is 10.6 Å². The molecule has 0 atom stereocenters. The molecule has 2 aromatic rings. The monoisotopic (exact) mass is 302 g/mol. The number of ether oxygens (including phenoxy) is 1. The van der Waals surface area contributed by atoms with Crippen LogP contribution in [0.1, 0.15) is 11.1 Å². The third kappa shape index (κ3) is 4.81. The van der Waals surface area contributed by atoms with Gasteiger partial charge in [0.2, 0.25) is 5.96 Å². The number of nitrogens with zero attached hydrogens (tertiary/aromatic N) is 2. The summed E-state index contributed by atoms with van der Waals surface area (Å²) in [6.45, 7) is 0.397. The second kappa shape index (κ2) is 7.31. The molecule has 108 valence electrons. The fourth-order valence-corrected chi connectivity index (χ4v) is 1.81. The summed E-state index contributed by atoms with van der Waals surface area (Å²) in [6, 6.07) is 15.0. The van der Waals surface area contributed by atoms with Crippen LogP contribution in [-0.2, 0) is 6.61 Å². The molecule has 0 aliphatic heterocycles. The Morgan fingerprint density at radius 1 is 1.14 bits per heavy atom. The number of hydrogen-bond donors (Lipinski definition) is 2. The summed E-state index contributed by atoms with van der Waals surface area (Å²) in [5.74, 6) is 0.626. The molecule has 0 bridgehead atoms. The van der Waals surface area contributed by atoms with Gasteiger partial charge in [-0.15, -0.1) is 5.10 Å². The first-order valence-corrected chi connectivity index (χ1v) is 6.61. The Balaban J connectivity index is 2.03. The number of halogens is 1. The normalized spacial score (nSPS) is 10.5. The maximum atomic E-state index is 6.08. The molecule has 0 heterocycles. The largest absolute Gasteiger partial charge is 0.489 e. The summed E-state index contributed by atoms with van der Waals surface area (Å²) in [5.41, 5.74) is 12.1. The maximum absolute atomic E-state index is 6.08. The van der Waals surface area contributed by atoms with Crippen LogP contribution in [0.4, 0.5) is 0 Å². The van der Waals surface area contributed by atoms with Crippen LogP contribution >= 0.6 is 11.6 Å². The lowest BCUT2D eigenvalue weighted by molar-refractivity contribution is 0.306. The van der Waals surface area contributed by atoms with Crippen LogP contribution in [0.3, 0.4) is 0 Å². The Morgan fingerprint density at radius 3 is 2.71 bits per heavy atom. The SMILES string of the molecule is NC(N)=N/N=C/c1cccc(OCc2ccccc2Cl)c1. The summed E-state index contributed by atoms with van der Waals surface area (Å²) >= 11 is 6.08. The van der Waals surface area contributed by atoms with Gasteiger partial charge in [-0.05, 0) is 23.8 Å². The average molecular weight is 303 g/mol. The van der Waals surface area contributed by atoms with Gasteiger partial charge in [0.15, 0.2) is 0 Å². The van der Waals surface area contributed by atoms with E-state index in [1.807, 2.05) is 48.5 Å². The molecule has 21 heavy (non-hydrogen) atoms. The van der Waals surface area contributed by atoms with Crippen LogP contribution in [0.25, 0.3) is 0 Å². The summed E-state index contributed by atoms with van der Waals surface area (Å²) in [4.78, 5) is 0. The van der Waals surface area contributed by atoms with E-state index in [1.165, 1.54) is 0 Å². The predicted molar refractivity (Wildman–Crippen MR) is 85.6 cm³/mol. The van der Waals surface area contributed by atoms with E-state index in [4.69, 9.17) is 27.8 Å². The number of nitrogens with two attached hydrogens (primary N) is 2. The van der Waals surface area contributed by atoms with E-state index in [1.54, 1.807) is 6.21 Å². The highest BCUT2D eigenvalue weighted by molar-refractivity contribution is 6.31. The Hall–Kier alpha value is -2.53. The highest BCUT2D eigenvalue weighted by atomic mass is 35.5. The van der Waals surface area contributed by atoms with Crippen LogP contribution < -0.4 is 16.2 Å². The zero-order chi connectivity index (χ0) is 15.1. The summed E-state index contributed by atoms with van der Waals surface area (Å²) < 4.78 is 5.71. The lowest BCUT2D eigenvalue weighted by Gasteiger charge is -2.08. The van der Waals surface area contributed by atoms with Gasteiger partial charge in [-0.3, -0.25) is 0 Å². The molecule has 0 amide bonds. The quantitative estimate of drug-likeness (QED) is 0.505. The molecule has 2 rings (SSSR count). The molecule has 0 radical (unpaired) electrons. The molecular weight excluding hydrogens is 288 g/mol. The smallest absolute Gasteiger partial charge is 0.211 e. The molecule has 0 aromatic heterocycles. The van der Waals surface area contributed by atoms with Crippen molar-refractivity contribution in [3.63, 3.8) is 0 Å². The van der Waals surface area contributed by atoms with Gasteiger partial charge < -0.3 is 16.2 Å². The van der Waals surface area contributed by atoms with Gasteiger partial charge in [0.25, 0.3) is 0 Å². The number of rotatable bonds is 5. The van der Waals surface area contributed by atoms with Crippen molar-refractivity contribution in [1.82, 2.24) is 0 Å². The minimum atomic E-state index is -0.0858. The van der Waals surface area contributed by atoms with E-state index in [0.29, 0.717) is 17.4 Å². The van der Waals surface area contributed by atoms with Crippen LogP contribution in [-0.4, -0.2) is 12.2 Å². The molecule has 0 saturated heterocycles. The topological polar surface area (TPSA) is 86.0 Å². The van der Waals surface area contributed by atoms with Gasteiger partial charge >= 0.3 is 0 Å². The first-order chi connectivity index (χ1) is 10.1. The summed E-state index contributed by atoms with van der Waals surface area (Å²) in [5, 5.41) is 7.97. The van der Waals surface area contributed by atoms with Crippen molar-refractivity contribution in [3.05, 3.63) is 64.7 Å². The molecule has 0 unspecified atom stereocenters. The minimum absolute atomic E-state index is 0.0858. The highest BCUT2D eigenvalue weighted by Gasteiger charge is 2.00. The molecule has 0 saturated carbocycles. The van der Waals surface area contributed by atoms with E-state index in [9.17, 15) is 0 Å². The Labute approximate surface area is 127 Å². The van der Waals surface area contributed by atoms with Crippen molar-refractivity contribution in [2.75, 3.05) is 0 Å². The second-order valence-corrected chi connectivity index (χ2v) is 4.63. The molecule has 2 aromatic carbocycles. The molecule has 4 N–H and O–H groups in total. The van der Waals surface area contributed by atoms with Crippen molar-refractivity contribution in [2.24, 2.45) is 21.7 Å². The van der Waals surface area contributed by atoms with E-state index in [2.05, 4.69) is 10.2 Å². The highest BCUT2D eigenvalue weighted by Crippen LogP contribution is 2.19. The first-order valence-electron chi connectivity index (χ1n) is 6.23. The summed E-state index contributed by atoms with van der Waals surface area (Å²) in [6.07, 6.45) is 1.54. The standard InChI is InChI=1S/C15H15ClN4O/c16-14-7-2-1-5-12(14)10-21-13-6-3-4-11(8-13)9-19-20-15(17)18/h1-9H,10H2,(H4,17,18,20)/b19-9+.